The highest BCUT2D eigenvalue weighted by Gasteiger charge is 2.07. The van der Waals surface area contributed by atoms with Crippen LogP contribution >= 0.6 is 22.9 Å². The number of rotatable bonds is 6. The monoisotopic (exact) mass is 372 g/mol. The Morgan fingerprint density at radius 2 is 1.84 bits per heavy atom. The summed E-state index contributed by atoms with van der Waals surface area (Å²) in [5.41, 5.74) is 2.78. The number of aromatic hydroxyl groups is 1. The minimum atomic E-state index is -0.0161. The number of halogens is 1. The van der Waals surface area contributed by atoms with Crippen molar-refractivity contribution in [2.45, 2.75) is 12.8 Å². The molecule has 0 spiro atoms. The number of nitrogens with one attached hydrogen (secondary N) is 1. The number of hydrogen-bond donors (Lipinski definition) is 2. The van der Waals surface area contributed by atoms with Crippen molar-refractivity contribution in [1.82, 2.24) is 10.3 Å². The molecule has 1 amide bonds. The van der Waals surface area contributed by atoms with E-state index in [0.29, 0.717) is 24.4 Å². The van der Waals surface area contributed by atoms with Crippen molar-refractivity contribution in [2.75, 3.05) is 6.54 Å². The molecule has 1 heterocycles. The molecule has 1 aromatic heterocycles. The highest BCUT2D eigenvalue weighted by atomic mass is 35.5. The van der Waals surface area contributed by atoms with E-state index in [0.717, 1.165) is 21.8 Å². The molecular weight excluding hydrogens is 356 g/mol. The molecule has 0 bridgehead atoms. The lowest BCUT2D eigenvalue weighted by atomic mass is 10.1. The van der Waals surface area contributed by atoms with Gasteiger partial charge < -0.3 is 10.4 Å². The third-order valence-corrected chi connectivity index (χ3v) is 4.81. The quantitative estimate of drug-likeness (QED) is 0.685. The fourth-order valence-corrected chi connectivity index (χ4v) is 3.28. The molecule has 2 N–H and O–H groups in total. The average Bonchev–Trinajstić information content (AvgIpc) is 3.06. The normalized spacial score (nSPS) is 10.6. The van der Waals surface area contributed by atoms with E-state index >= 15 is 0 Å². The number of thiazole rings is 1. The van der Waals surface area contributed by atoms with E-state index in [1.807, 2.05) is 29.6 Å². The predicted octanol–water partition coefficient (Wildman–Crippen LogP) is 4.07. The third kappa shape index (κ3) is 5.05. The Hall–Kier alpha value is -2.37. The van der Waals surface area contributed by atoms with E-state index in [2.05, 4.69) is 10.3 Å². The van der Waals surface area contributed by atoms with Crippen LogP contribution in [0.15, 0.2) is 53.9 Å². The fraction of sp³-hybridized carbons (Fsp3) is 0.158. The van der Waals surface area contributed by atoms with E-state index in [-0.39, 0.29) is 11.7 Å². The van der Waals surface area contributed by atoms with E-state index in [1.165, 1.54) is 0 Å². The molecule has 0 unspecified atom stereocenters. The third-order valence-electron chi connectivity index (χ3n) is 3.65. The average molecular weight is 373 g/mol. The lowest BCUT2D eigenvalue weighted by molar-refractivity contribution is -0.120. The van der Waals surface area contributed by atoms with E-state index in [9.17, 15) is 9.90 Å². The molecule has 3 aromatic rings. The molecule has 0 aliphatic carbocycles. The number of phenolic OH excluding ortho intramolecular Hbond substituents is 1. The summed E-state index contributed by atoms with van der Waals surface area (Å²) in [5, 5.41) is 15.9. The second-order valence-corrected chi connectivity index (χ2v) is 6.96. The minimum absolute atomic E-state index is 0.0161. The lowest BCUT2D eigenvalue weighted by Crippen LogP contribution is -2.27. The number of hydrogen-bond acceptors (Lipinski definition) is 4. The Bertz CT molecular complexity index is 845. The summed E-state index contributed by atoms with van der Waals surface area (Å²) in [7, 11) is 0. The second kappa shape index (κ2) is 8.14. The summed E-state index contributed by atoms with van der Waals surface area (Å²) < 4.78 is 0. The van der Waals surface area contributed by atoms with Crippen LogP contribution in [0, 0.1) is 0 Å². The fourth-order valence-electron chi connectivity index (χ4n) is 2.35. The summed E-state index contributed by atoms with van der Waals surface area (Å²) >= 11 is 7.40. The summed E-state index contributed by atoms with van der Waals surface area (Å²) in [5.74, 6) is 0.222. The molecule has 0 saturated heterocycles. The van der Waals surface area contributed by atoms with Crippen LogP contribution in [0.2, 0.25) is 5.02 Å². The van der Waals surface area contributed by atoms with Gasteiger partial charge in [-0.15, -0.1) is 11.3 Å². The first kappa shape index (κ1) is 17.5. The number of carbonyl (C=O) groups excluding carboxylic acids is 1. The highest BCUT2D eigenvalue weighted by Crippen LogP contribution is 2.23. The van der Waals surface area contributed by atoms with Gasteiger partial charge in [0.1, 0.15) is 5.75 Å². The van der Waals surface area contributed by atoms with Gasteiger partial charge in [0.25, 0.3) is 0 Å². The van der Waals surface area contributed by atoms with Crippen LogP contribution < -0.4 is 5.32 Å². The first-order valence-electron chi connectivity index (χ1n) is 7.85. The van der Waals surface area contributed by atoms with Gasteiger partial charge in [0.15, 0.2) is 0 Å². The lowest BCUT2D eigenvalue weighted by Gasteiger charge is -2.04. The van der Waals surface area contributed by atoms with Gasteiger partial charge in [0.2, 0.25) is 5.91 Å². The molecule has 0 radical (unpaired) electrons. The molecule has 25 heavy (non-hydrogen) atoms. The van der Waals surface area contributed by atoms with Crippen molar-refractivity contribution in [3.8, 4) is 17.0 Å². The maximum Gasteiger partial charge on any atom is 0.224 e. The topological polar surface area (TPSA) is 62.2 Å². The van der Waals surface area contributed by atoms with Gasteiger partial charge in [-0.1, -0.05) is 23.7 Å². The highest BCUT2D eigenvalue weighted by molar-refractivity contribution is 7.09. The standard InChI is InChI=1S/C19H17ClN2O2S/c20-15-5-1-13(2-6-15)11-18(24)21-10-9-19-22-17(12-25-19)14-3-7-16(23)8-4-14/h1-8,12,23H,9-11H2,(H,21,24). The number of nitrogens with zero attached hydrogens (tertiary/aromatic N) is 1. The molecule has 128 valence electrons. The van der Waals surface area contributed by atoms with Crippen LogP contribution in [0.25, 0.3) is 11.3 Å². The van der Waals surface area contributed by atoms with Gasteiger partial charge in [-0.3, -0.25) is 4.79 Å². The van der Waals surface area contributed by atoms with Crippen LogP contribution in [0.5, 0.6) is 5.75 Å². The van der Waals surface area contributed by atoms with Crippen molar-refractivity contribution in [2.24, 2.45) is 0 Å². The zero-order chi connectivity index (χ0) is 17.6. The van der Waals surface area contributed by atoms with E-state index < -0.39 is 0 Å². The minimum Gasteiger partial charge on any atom is -0.508 e. The van der Waals surface area contributed by atoms with Crippen LogP contribution in [0.4, 0.5) is 0 Å². The Balaban J connectivity index is 1.48. The van der Waals surface area contributed by atoms with Crippen molar-refractivity contribution >= 4 is 28.8 Å². The van der Waals surface area contributed by atoms with Crippen LogP contribution in [0.3, 0.4) is 0 Å². The number of amides is 1. The predicted molar refractivity (Wildman–Crippen MR) is 101 cm³/mol. The van der Waals surface area contributed by atoms with Crippen molar-refractivity contribution < 1.29 is 9.90 Å². The first-order chi connectivity index (χ1) is 12.1. The molecule has 2 aromatic carbocycles. The second-order valence-electron chi connectivity index (χ2n) is 5.58. The van der Waals surface area contributed by atoms with Gasteiger partial charge in [-0.25, -0.2) is 4.98 Å². The SMILES string of the molecule is O=C(Cc1ccc(Cl)cc1)NCCc1nc(-c2ccc(O)cc2)cs1. The Morgan fingerprint density at radius 3 is 2.56 bits per heavy atom. The molecule has 4 nitrogen and oxygen atoms in total. The van der Waals surface area contributed by atoms with Gasteiger partial charge in [-0.2, -0.15) is 0 Å². The zero-order valence-corrected chi connectivity index (χ0v) is 15.0. The smallest absolute Gasteiger partial charge is 0.224 e. The number of aromatic nitrogens is 1. The molecule has 0 aliphatic heterocycles. The molecule has 3 rings (SSSR count). The Labute approximate surface area is 155 Å². The summed E-state index contributed by atoms with van der Waals surface area (Å²) in [6.45, 7) is 0.551. The Morgan fingerprint density at radius 1 is 1.12 bits per heavy atom. The van der Waals surface area contributed by atoms with E-state index in [4.69, 9.17) is 11.6 Å². The maximum atomic E-state index is 12.0. The van der Waals surface area contributed by atoms with Crippen LogP contribution in [0.1, 0.15) is 10.6 Å². The first-order valence-corrected chi connectivity index (χ1v) is 9.11. The Kier molecular flexibility index (Phi) is 5.68. The van der Waals surface area contributed by atoms with Gasteiger partial charge in [0.05, 0.1) is 17.1 Å². The van der Waals surface area contributed by atoms with E-state index in [1.54, 1.807) is 35.6 Å². The molecular formula is C19H17ClN2O2S. The molecule has 0 atom stereocenters. The van der Waals surface area contributed by atoms with Gasteiger partial charge in [0, 0.05) is 28.9 Å². The molecule has 0 saturated carbocycles. The summed E-state index contributed by atoms with van der Waals surface area (Å²) in [6.07, 6.45) is 1.03. The summed E-state index contributed by atoms with van der Waals surface area (Å²) in [6, 6.07) is 14.2. The number of phenols is 1. The zero-order valence-electron chi connectivity index (χ0n) is 13.4. The largest absolute Gasteiger partial charge is 0.508 e. The maximum absolute atomic E-state index is 12.0. The van der Waals surface area contributed by atoms with Gasteiger partial charge >= 0.3 is 0 Å². The van der Waals surface area contributed by atoms with Crippen molar-refractivity contribution in [3.05, 3.63) is 69.5 Å². The van der Waals surface area contributed by atoms with Crippen LogP contribution in [-0.4, -0.2) is 22.5 Å². The van der Waals surface area contributed by atoms with Crippen molar-refractivity contribution in [1.29, 1.82) is 0 Å². The van der Waals surface area contributed by atoms with Crippen molar-refractivity contribution in [3.63, 3.8) is 0 Å². The summed E-state index contributed by atoms with van der Waals surface area (Å²) in [4.78, 5) is 16.5. The molecule has 6 heteroatoms. The van der Waals surface area contributed by atoms with Gasteiger partial charge in [-0.05, 0) is 42.0 Å². The number of benzene rings is 2. The molecule has 0 aliphatic rings. The molecule has 0 fully saturated rings. The number of carbonyl (C=O) groups is 1. The van der Waals surface area contributed by atoms with Crippen LogP contribution in [-0.2, 0) is 17.6 Å².